The third-order valence-electron chi connectivity index (χ3n) is 11.4. The van der Waals surface area contributed by atoms with Crippen molar-refractivity contribution < 1.29 is 54.0 Å². The zero-order valence-electron chi connectivity index (χ0n) is 25.9. The number of carbonyl (C=O) groups excluding carboxylic acids is 1. The number of allylic oxidation sites excluding steroid dienone is 1. The Bertz CT molecular complexity index is 1080. The number of carbonyl (C=O) groups is 1. The molecular formula is C32H50O11. The lowest BCUT2D eigenvalue weighted by atomic mass is 9.44. The van der Waals surface area contributed by atoms with Gasteiger partial charge < -0.3 is 49.2 Å². The minimum atomic E-state index is -1.39. The fourth-order valence-corrected chi connectivity index (χ4v) is 8.79. The van der Waals surface area contributed by atoms with Gasteiger partial charge in [-0.1, -0.05) is 45.4 Å². The van der Waals surface area contributed by atoms with Gasteiger partial charge in [0.15, 0.2) is 18.7 Å². The molecule has 0 aromatic heterocycles. The first kappa shape index (κ1) is 33.0. The molecule has 11 heteroatoms. The van der Waals surface area contributed by atoms with E-state index in [-0.39, 0.29) is 41.5 Å². The van der Waals surface area contributed by atoms with Gasteiger partial charge in [0, 0.05) is 12.3 Å². The predicted octanol–water partition coefficient (Wildman–Crippen LogP) is 1.58. The summed E-state index contributed by atoms with van der Waals surface area (Å²) in [6.07, 6.45) is -1.41. The minimum Gasteiger partial charge on any atom is -0.457 e. The monoisotopic (exact) mass is 610 g/mol. The second-order valence-corrected chi connectivity index (χ2v) is 14.3. The quantitative estimate of drug-likeness (QED) is 0.210. The molecule has 0 amide bonds. The molecule has 2 aliphatic heterocycles. The maximum Gasteiger partial charge on any atom is 0.303 e. The average Bonchev–Trinajstić information content (AvgIpc) is 3.22. The topological polar surface area (TPSA) is 164 Å². The Morgan fingerprint density at radius 2 is 1.70 bits per heavy atom. The normalized spacial score (nSPS) is 49.4. The van der Waals surface area contributed by atoms with E-state index in [1.807, 2.05) is 6.08 Å². The molecule has 2 heterocycles. The maximum absolute atomic E-state index is 11.4. The number of aliphatic hydroxyl groups excluding tert-OH is 5. The van der Waals surface area contributed by atoms with Crippen LogP contribution in [0.1, 0.15) is 66.7 Å². The van der Waals surface area contributed by atoms with Crippen molar-refractivity contribution in [2.24, 2.45) is 28.1 Å². The van der Waals surface area contributed by atoms with Gasteiger partial charge in [0.25, 0.3) is 0 Å². The molecule has 5 N–H and O–H groups in total. The third kappa shape index (κ3) is 5.74. The first-order valence-electron chi connectivity index (χ1n) is 15.6. The van der Waals surface area contributed by atoms with E-state index < -0.39 is 67.2 Å². The van der Waals surface area contributed by atoms with Crippen LogP contribution in [-0.4, -0.2) is 106 Å². The molecule has 0 aromatic rings. The molecule has 2 saturated carbocycles. The molecule has 0 aromatic carbocycles. The van der Waals surface area contributed by atoms with Crippen LogP contribution < -0.4 is 0 Å². The molecule has 2 saturated heterocycles. The van der Waals surface area contributed by atoms with Crippen molar-refractivity contribution in [1.82, 2.24) is 0 Å². The summed E-state index contributed by atoms with van der Waals surface area (Å²) in [6.45, 7) is 13.7. The van der Waals surface area contributed by atoms with E-state index in [0.717, 1.165) is 25.7 Å². The van der Waals surface area contributed by atoms with Crippen LogP contribution in [0.15, 0.2) is 24.3 Å². The predicted molar refractivity (Wildman–Crippen MR) is 153 cm³/mol. The van der Waals surface area contributed by atoms with Gasteiger partial charge in [-0.15, -0.1) is 6.58 Å². The molecule has 244 valence electrons. The second kappa shape index (κ2) is 12.1. The molecule has 5 rings (SSSR count). The van der Waals surface area contributed by atoms with E-state index >= 15 is 0 Å². The van der Waals surface area contributed by atoms with Gasteiger partial charge in [-0.3, -0.25) is 4.79 Å². The molecule has 14 unspecified atom stereocenters. The Morgan fingerprint density at radius 3 is 2.33 bits per heavy atom. The molecule has 14 atom stereocenters. The highest BCUT2D eigenvalue weighted by molar-refractivity contribution is 5.66. The fourth-order valence-electron chi connectivity index (χ4n) is 8.79. The lowest BCUT2D eigenvalue weighted by Crippen LogP contribution is -2.59. The third-order valence-corrected chi connectivity index (χ3v) is 11.4. The van der Waals surface area contributed by atoms with Crippen LogP contribution in [0.3, 0.4) is 0 Å². The van der Waals surface area contributed by atoms with E-state index in [9.17, 15) is 30.3 Å². The number of fused-ring (bicyclic) bond motifs is 3. The molecule has 0 bridgehead atoms. The number of hydrogen-bond donors (Lipinski definition) is 5. The summed E-state index contributed by atoms with van der Waals surface area (Å²) in [7, 11) is 0. The van der Waals surface area contributed by atoms with Crippen LogP contribution >= 0.6 is 0 Å². The smallest absolute Gasteiger partial charge is 0.303 e. The summed E-state index contributed by atoms with van der Waals surface area (Å²) >= 11 is 0. The molecule has 0 spiro atoms. The van der Waals surface area contributed by atoms with E-state index in [2.05, 4.69) is 40.3 Å². The largest absolute Gasteiger partial charge is 0.457 e. The Labute approximate surface area is 253 Å². The van der Waals surface area contributed by atoms with Crippen LogP contribution in [0.2, 0.25) is 0 Å². The minimum absolute atomic E-state index is 0.0879. The molecular weight excluding hydrogens is 560 g/mol. The SMILES string of the molecule is C=CC1(C)C=C2CCC3C(C)(C)C(OC4OC(CO)C(O)C4O)CCC3(C)C2CC1OC1OCC(OC(C)=O)C(O)C1O. The Morgan fingerprint density at radius 1 is 1.02 bits per heavy atom. The zero-order valence-corrected chi connectivity index (χ0v) is 25.9. The number of rotatable bonds is 7. The number of esters is 1. The number of aliphatic hydroxyl groups is 5. The Balaban J connectivity index is 1.33. The van der Waals surface area contributed by atoms with Crippen molar-refractivity contribution in [1.29, 1.82) is 0 Å². The molecule has 5 aliphatic rings. The van der Waals surface area contributed by atoms with Crippen LogP contribution in [0, 0.1) is 28.1 Å². The van der Waals surface area contributed by atoms with Crippen molar-refractivity contribution in [3.05, 3.63) is 24.3 Å². The Hall–Kier alpha value is -1.41. The maximum atomic E-state index is 11.4. The summed E-state index contributed by atoms with van der Waals surface area (Å²) in [6, 6.07) is 0. The van der Waals surface area contributed by atoms with Crippen molar-refractivity contribution >= 4 is 5.97 Å². The van der Waals surface area contributed by atoms with Gasteiger partial charge in [-0.05, 0) is 54.8 Å². The van der Waals surface area contributed by atoms with Gasteiger partial charge in [-0.25, -0.2) is 0 Å². The fraction of sp³-hybridized carbons (Fsp3) is 0.844. The highest BCUT2D eigenvalue weighted by Gasteiger charge is 2.60. The van der Waals surface area contributed by atoms with Gasteiger partial charge in [0.1, 0.15) is 30.5 Å². The highest BCUT2D eigenvalue weighted by Crippen LogP contribution is 2.64. The van der Waals surface area contributed by atoms with Crippen LogP contribution in [0.25, 0.3) is 0 Å². The molecule has 11 nitrogen and oxygen atoms in total. The summed E-state index contributed by atoms with van der Waals surface area (Å²) in [5.74, 6) is -0.0992. The van der Waals surface area contributed by atoms with E-state index in [1.54, 1.807) is 0 Å². The van der Waals surface area contributed by atoms with Gasteiger partial charge in [0.2, 0.25) is 0 Å². The first-order chi connectivity index (χ1) is 20.2. The van der Waals surface area contributed by atoms with Crippen LogP contribution in [0.5, 0.6) is 0 Å². The van der Waals surface area contributed by atoms with Crippen LogP contribution in [-0.2, 0) is 28.5 Å². The van der Waals surface area contributed by atoms with E-state index in [4.69, 9.17) is 23.7 Å². The van der Waals surface area contributed by atoms with E-state index in [1.165, 1.54) is 12.5 Å². The lowest BCUT2D eigenvalue weighted by Gasteiger charge is -2.62. The highest BCUT2D eigenvalue weighted by atomic mass is 16.7. The van der Waals surface area contributed by atoms with Crippen molar-refractivity contribution in [3.8, 4) is 0 Å². The lowest BCUT2D eigenvalue weighted by molar-refractivity contribution is -0.294. The molecule has 4 fully saturated rings. The second-order valence-electron chi connectivity index (χ2n) is 14.3. The average molecular weight is 611 g/mol. The Kier molecular flexibility index (Phi) is 9.26. The first-order valence-corrected chi connectivity index (χ1v) is 15.6. The summed E-state index contributed by atoms with van der Waals surface area (Å²) in [4.78, 5) is 11.4. The van der Waals surface area contributed by atoms with Gasteiger partial charge in [0.05, 0.1) is 25.4 Å². The molecule has 43 heavy (non-hydrogen) atoms. The number of hydrogen-bond acceptors (Lipinski definition) is 11. The van der Waals surface area contributed by atoms with Crippen molar-refractivity contribution in [3.63, 3.8) is 0 Å². The van der Waals surface area contributed by atoms with Crippen LogP contribution in [0.4, 0.5) is 0 Å². The van der Waals surface area contributed by atoms with Crippen molar-refractivity contribution in [2.75, 3.05) is 13.2 Å². The zero-order chi connectivity index (χ0) is 31.5. The summed E-state index contributed by atoms with van der Waals surface area (Å²) in [5, 5.41) is 51.7. The standard InChI is InChI=1S/C32H50O11/c1-7-31(5)13-17-8-9-21-30(3,4)22(42-29-27(38)24(35)19(14-33)41-29)10-11-32(21,6)18(17)12-23(31)43-28-26(37)25(36)20(15-39-28)40-16(2)34/h7,13,18-29,33,35-38H,1,8-12,14-15H2,2-6H3. The van der Waals surface area contributed by atoms with Gasteiger partial charge >= 0.3 is 5.97 Å². The van der Waals surface area contributed by atoms with Gasteiger partial charge in [-0.2, -0.15) is 0 Å². The summed E-state index contributed by atoms with van der Waals surface area (Å²) in [5.41, 5.74) is 0.481. The molecule has 0 radical (unpaired) electrons. The van der Waals surface area contributed by atoms with Crippen molar-refractivity contribution in [2.45, 2.75) is 128 Å². The number of ether oxygens (including phenoxy) is 5. The molecule has 3 aliphatic carbocycles. The van der Waals surface area contributed by atoms with E-state index in [0.29, 0.717) is 6.42 Å². The summed E-state index contributed by atoms with van der Waals surface area (Å²) < 4.78 is 29.3.